The van der Waals surface area contributed by atoms with Crippen LogP contribution in [0.15, 0.2) is 47.8 Å². The number of hydrogen-bond donors (Lipinski definition) is 2. The lowest BCUT2D eigenvalue weighted by molar-refractivity contribution is -0.125. The number of benzene rings is 1. The van der Waals surface area contributed by atoms with E-state index in [2.05, 4.69) is 16.3 Å². The van der Waals surface area contributed by atoms with Crippen molar-refractivity contribution in [2.75, 3.05) is 13.1 Å². The highest BCUT2D eigenvalue weighted by Gasteiger charge is 2.32. The molecule has 2 amide bonds. The summed E-state index contributed by atoms with van der Waals surface area (Å²) in [6.45, 7) is 2.21. The van der Waals surface area contributed by atoms with Gasteiger partial charge in [0.2, 0.25) is 11.8 Å². The zero-order valence-corrected chi connectivity index (χ0v) is 16.3. The lowest BCUT2D eigenvalue weighted by Crippen LogP contribution is -2.50. The Hall–Kier alpha value is -2.18. The van der Waals surface area contributed by atoms with Gasteiger partial charge in [-0.2, -0.15) is 0 Å². The van der Waals surface area contributed by atoms with Crippen LogP contribution in [0.2, 0.25) is 0 Å². The van der Waals surface area contributed by atoms with E-state index in [1.165, 1.54) is 10.4 Å². The number of nitrogens with one attached hydrogen (secondary N) is 1. The zero-order valence-electron chi connectivity index (χ0n) is 15.5. The van der Waals surface area contributed by atoms with Crippen molar-refractivity contribution in [3.63, 3.8) is 0 Å². The Kier molecular flexibility index (Phi) is 7.01. The molecule has 1 saturated heterocycles. The molecule has 1 aromatic carbocycles. The standard InChI is InChI=1S/C21H27N3O2S/c22-21(26)19-13-17(10-11-24(19)15-18-7-4-12-27-18)14-23-20(25)9-8-16-5-2-1-3-6-16/h1-7,12,17,19H,8-11,13-15H2,(H2,22,26)(H,23,25). The largest absolute Gasteiger partial charge is 0.368 e. The van der Waals surface area contributed by atoms with Gasteiger partial charge in [-0.25, -0.2) is 0 Å². The number of hydrogen-bond acceptors (Lipinski definition) is 4. The molecule has 2 unspecified atom stereocenters. The summed E-state index contributed by atoms with van der Waals surface area (Å²) in [7, 11) is 0. The SMILES string of the molecule is NC(=O)C1CC(CNC(=O)CCc2ccccc2)CCN1Cc1cccs1. The van der Waals surface area contributed by atoms with Gasteiger partial charge in [0.1, 0.15) is 0 Å². The van der Waals surface area contributed by atoms with Gasteiger partial charge in [0.15, 0.2) is 0 Å². The van der Waals surface area contributed by atoms with Gasteiger partial charge in [0.05, 0.1) is 6.04 Å². The Morgan fingerprint density at radius 2 is 2.00 bits per heavy atom. The summed E-state index contributed by atoms with van der Waals surface area (Å²) in [5.41, 5.74) is 6.82. The van der Waals surface area contributed by atoms with Crippen LogP contribution in [0, 0.1) is 5.92 Å². The fraction of sp³-hybridized carbons (Fsp3) is 0.429. The highest BCUT2D eigenvalue weighted by Crippen LogP contribution is 2.25. The number of thiophene rings is 1. The number of likely N-dealkylation sites (tertiary alicyclic amines) is 1. The topological polar surface area (TPSA) is 75.4 Å². The van der Waals surface area contributed by atoms with Crippen molar-refractivity contribution in [3.8, 4) is 0 Å². The van der Waals surface area contributed by atoms with E-state index in [4.69, 9.17) is 5.73 Å². The average molecular weight is 386 g/mol. The molecular formula is C21H27N3O2S. The first kappa shape index (κ1) is 19.6. The summed E-state index contributed by atoms with van der Waals surface area (Å²) in [4.78, 5) is 27.5. The molecular weight excluding hydrogens is 358 g/mol. The summed E-state index contributed by atoms with van der Waals surface area (Å²) in [5, 5.41) is 5.08. The second kappa shape index (κ2) is 9.67. The highest BCUT2D eigenvalue weighted by molar-refractivity contribution is 7.09. The summed E-state index contributed by atoms with van der Waals surface area (Å²) in [5.74, 6) is 0.0879. The molecule has 5 nitrogen and oxygen atoms in total. The van der Waals surface area contributed by atoms with Gasteiger partial charge in [0, 0.05) is 24.4 Å². The second-order valence-corrected chi connectivity index (χ2v) is 8.18. The van der Waals surface area contributed by atoms with Crippen molar-refractivity contribution in [2.24, 2.45) is 11.7 Å². The molecule has 2 atom stereocenters. The maximum absolute atomic E-state index is 12.1. The smallest absolute Gasteiger partial charge is 0.234 e. The highest BCUT2D eigenvalue weighted by atomic mass is 32.1. The van der Waals surface area contributed by atoms with E-state index in [1.807, 2.05) is 41.8 Å². The van der Waals surface area contributed by atoms with Crippen molar-refractivity contribution in [2.45, 2.75) is 38.3 Å². The van der Waals surface area contributed by atoms with Crippen molar-refractivity contribution in [3.05, 3.63) is 58.3 Å². The molecule has 0 radical (unpaired) electrons. The molecule has 1 aliphatic heterocycles. The van der Waals surface area contributed by atoms with Crippen LogP contribution in [-0.2, 0) is 22.6 Å². The third-order valence-corrected chi connectivity index (χ3v) is 6.02. The normalized spacial score (nSPS) is 20.3. The van der Waals surface area contributed by atoms with Crippen LogP contribution in [0.25, 0.3) is 0 Å². The van der Waals surface area contributed by atoms with Crippen molar-refractivity contribution in [1.82, 2.24) is 10.2 Å². The molecule has 0 aliphatic carbocycles. The first-order valence-corrected chi connectivity index (χ1v) is 10.4. The second-order valence-electron chi connectivity index (χ2n) is 7.15. The van der Waals surface area contributed by atoms with Crippen LogP contribution < -0.4 is 11.1 Å². The minimum absolute atomic E-state index is 0.0653. The van der Waals surface area contributed by atoms with E-state index < -0.39 is 0 Å². The van der Waals surface area contributed by atoms with E-state index in [0.29, 0.717) is 25.3 Å². The lowest BCUT2D eigenvalue weighted by atomic mass is 9.90. The number of piperidine rings is 1. The molecule has 0 bridgehead atoms. The first-order chi connectivity index (χ1) is 13.1. The Morgan fingerprint density at radius 1 is 1.19 bits per heavy atom. The molecule has 27 heavy (non-hydrogen) atoms. The molecule has 0 spiro atoms. The number of rotatable bonds is 8. The average Bonchev–Trinajstić information content (AvgIpc) is 3.19. The van der Waals surface area contributed by atoms with Crippen LogP contribution >= 0.6 is 11.3 Å². The number of nitrogens with two attached hydrogens (primary N) is 1. The number of primary amides is 1. The molecule has 1 aromatic heterocycles. The fourth-order valence-corrected chi connectivity index (χ4v) is 4.34. The summed E-state index contributed by atoms with van der Waals surface area (Å²) < 4.78 is 0. The Labute approximate surface area is 164 Å². The molecule has 1 aliphatic rings. The predicted molar refractivity (Wildman–Crippen MR) is 108 cm³/mol. The Balaban J connectivity index is 1.44. The predicted octanol–water partition coefficient (Wildman–Crippen LogP) is 2.56. The Morgan fingerprint density at radius 3 is 2.70 bits per heavy atom. The lowest BCUT2D eigenvalue weighted by Gasteiger charge is -2.37. The van der Waals surface area contributed by atoms with Crippen LogP contribution in [0.1, 0.15) is 29.7 Å². The fourth-order valence-electron chi connectivity index (χ4n) is 3.61. The van der Waals surface area contributed by atoms with Gasteiger partial charge < -0.3 is 11.1 Å². The van der Waals surface area contributed by atoms with Gasteiger partial charge >= 0.3 is 0 Å². The van der Waals surface area contributed by atoms with E-state index >= 15 is 0 Å². The molecule has 3 rings (SSSR count). The van der Waals surface area contributed by atoms with E-state index in [0.717, 1.165) is 25.9 Å². The number of carbonyl (C=O) groups excluding carboxylic acids is 2. The first-order valence-electron chi connectivity index (χ1n) is 9.48. The molecule has 2 heterocycles. The van der Waals surface area contributed by atoms with Gasteiger partial charge in [0.25, 0.3) is 0 Å². The van der Waals surface area contributed by atoms with E-state index in [-0.39, 0.29) is 17.9 Å². The Bertz CT molecular complexity index is 733. The minimum atomic E-state index is -0.272. The summed E-state index contributed by atoms with van der Waals surface area (Å²) >= 11 is 1.70. The molecule has 6 heteroatoms. The number of carbonyl (C=O) groups is 2. The third-order valence-electron chi connectivity index (χ3n) is 5.16. The zero-order chi connectivity index (χ0) is 19.1. The van der Waals surface area contributed by atoms with E-state index in [1.54, 1.807) is 11.3 Å². The van der Waals surface area contributed by atoms with Gasteiger partial charge in [-0.3, -0.25) is 14.5 Å². The summed E-state index contributed by atoms with van der Waals surface area (Å²) in [6, 6.07) is 13.9. The molecule has 2 aromatic rings. The third kappa shape index (κ3) is 5.91. The van der Waals surface area contributed by atoms with Crippen LogP contribution in [0.4, 0.5) is 0 Å². The van der Waals surface area contributed by atoms with E-state index in [9.17, 15) is 9.59 Å². The minimum Gasteiger partial charge on any atom is -0.368 e. The number of nitrogens with zero attached hydrogens (tertiary/aromatic N) is 1. The van der Waals surface area contributed by atoms with Crippen LogP contribution in [0.5, 0.6) is 0 Å². The molecule has 3 N–H and O–H groups in total. The van der Waals surface area contributed by atoms with Gasteiger partial charge in [-0.05, 0) is 48.7 Å². The quantitative estimate of drug-likeness (QED) is 0.733. The number of amides is 2. The molecule has 0 saturated carbocycles. The van der Waals surface area contributed by atoms with Crippen LogP contribution in [0.3, 0.4) is 0 Å². The van der Waals surface area contributed by atoms with Crippen molar-refractivity contribution in [1.29, 1.82) is 0 Å². The summed E-state index contributed by atoms with van der Waals surface area (Å²) in [6.07, 6.45) is 2.91. The van der Waals surface area contributed by atoms with Crippen molar-refractivity contribution >= 4 is 23.2 Å². The van der Waals surface area contributed by atoms with Gasteiger partial charge in [-0.1, -0.05) is 36.4 Å². The molecule has 1 fully saturated rings. The maximum atomic E-state index is 12.1. The number of aryl methyl sites for hydroxylation is 1. The van der Waals surface area contributed by atoms with Gasteiger partial charge in [-0.15, -0.1) is 11.3 Å². The van der Waals surface area contributed by atoms with Crippen LogP contribution in [-0.4, -0.2) is 35.8 Å². The molecule has 144 valence electrons. The van der Waals surface area contributed by atoms with Crippen molar-refractivity contribution < 1.29 is 9.59 Å². The monoisotopic (exact) mass is 385 g/mol. The maximum Gasteiger partial charge on any atom is 0.234 e.